The second-order valence-corrected chi connectivity index (χ2v) is 10.0. The quantitative estimate of drug-likeness (QED) is 0.478. The molecule has 1 aliphatic rings. The largest absolute Gasteiger partial charge is 0.497 e. The fraction of sp³-hybridized carbons (Fsp3) is 0.423. The molecule has 1 fully saturated rings. The molecule has 1 N–H and O–H groups in total. The maximum atomic E-state index is 13.1. The molecule has 0 bridgehead atoms. The molecule has 1 saturated carbocycles. The third-order valence-electron chi connectivity index (χ3n) is 5.54. The van der Waals surface area contributed by atoms with Crippen LogP contribution in [0.25, 0.3) is 0 Å². The van der Waals surface area contributed by atoms with Crippen molar-refractivity contribution in [3.8, 4) is 5.75 Å². The van der Waals surface area contributed by atoms with Crippen LogP contribution in [0.15, 0.2) is 64.8 Å². The molecule has 5 nitrogen and oxygen atoms in total. The average molecular weight is 502 g/mol. The Morgan fingerprint density at radius 1 is 1.12 bits per heavy atom. The molecule has 2 aromatic carbocycles. The van der Waals surface area contributed by atoms with Gasteiger partial charge in [-0.05, 0) is 87.6 Å². The van der Waals surface area contributed by atoms with Crippen molar-refractivity contribution in [1.82, 2.24) is 0 Å². The van der Waals surface area contributed by atoms with Crippen LogP contribution in [-0.4, -0.2) is 23.9 Å². The molecule has 32 heavy (non-hydrogen) atoms. The summed E-state index contributed by atoms with van der Waals surface area (Å²) in [5.41, 5.74) is 1.99. The number of halogens is 1. The highest BCUT2D eigenvalue weighted by Crippen LogP contribution is 2.39. The zero-order valence-corrected chi connectivity index (χ0v) is 20.8. The normalized spacial score (nSPS) is 18.8. The number of aliphatic hydroxyl groups excluding tert-OH is 1. The molecule has 0 unspecified atom stereocenters. The lowest BCUT2D eigenvalue weighted by Crippen LogP contribution is -2.34. The maximum Gasteiger partial charge on any atom is 0.418 e. The monoisotopic (exact) mass is 501 g/mol. The molecular formula is C26H32BrNO4. The van der Waals surface area contributed by atoms with Crippen LogP contribution >= 0.6 is 15.9 Å². The van der Waals surface area contributed by atoms with Crippen molar-refractivity contribution in [3.05, 3.63) is 70.3 Å². The van der Waals surface area contributed by atoms with Crippen LogP contribution in [0.2, 0.25) is 0 Å². The standard InChI is InChI=1S/C26H32BrNO4/c1-26(2,3)32-25(30)28(21-13-15-22(31-4)16-14-21)17-19-7-5-6-8-23(19)24(29)18-9-11-20(27)12-10-18/h9-17,23-24,29H,5-8H2,1-4H3/b19-17-/t23-,24+/m1/s1. The summed E-state index contributed by atoms with van der Waals surface area (Å²) in [6, 6.07) is 15.1. The number of anilines is 1. The minimum atomic E-state index is -0.633. The number of benzene rings is 2. The van der Waals surface area contributed by atoms with Crippen LogP contribution in [0, 0.1) is 5.92 Å². The van der Waals surface area contributed by atoms with E-state index < -0.39 is 17.8 Å². The summed E-state index contributed by atoms with van der Waals surface area (Å²) in [5, 5.41) is 11.2. The molecule has 1 amide bonds. The van der Waals surface area contributed by atoms with Gasteiger partial charge < -0.3 is 14.6 Å². The van der Waals surface area contributed by atoms with E-state index in [0.717, 1.165) is 41.3 Å². The van der Waals surface area contributed by atoms with Crippen molar-refractivity contribution < 1.29 is 19.4 Å². The van der Waals surface area contributed by atoms with Gasteiger partial charge in [0.15, 0.2) is 0 Å². The number of ether oxygens (including phenoxy) is 2. The summed E-state index contributed by atoms with van der Waals surface area (Å²) >= 11 is 3.45. The Morgan fingerprint density at radius 3 is 2.38 bits per heavy atom. The number of amides is 1. The number of nitrogens with zero attached hydrogens (tertiary/aromatic N) is 1. The number of methoxy groups -OCH3 is 1. The Balaban J connectivity index is 1.96. The lowest BCUT2D eigenvalue weighted by atomic mass is 9.79. The third-order valence-corrected chi connectivity index (χ3v) is 6.06. The van der Waals surface area contributed by atoms with Gasteiger partial charge in [0.2, 0.25) is 0 Å². The van der Waals surface area contributed by atoms with Gasteiger partial charge in [-0.2, -0.15) is 0 Å². The number of carbonyl (C=O) groups excluding carboxylic acids is 1. The molecule has 1 aliphatic carbocycles. The van der Waals surface area contributed by atoms with Crippen molar-refractivity contribution in [3.63, 3.8) is 0 Å². The van der Waals surface area contributed by atoms with E-state index >= 15 is 0 Å². The number of hydrogen-bond donors (Lipinski definition) is 1. The minimum Gasteiger partial charge on any atom is -0.497 e. The molecule has 2 aromatic rings. The second kappa shape index (κ2) is 10.5. The van der Waals surface area contributed by atoms with Crippen LogP contribution in [0.5, 0.6) is 5.75 Å². The molecule has 0 aromatic heterocycles. The lowest BCUT2D eigenvalue weighted by molar-refractivity contribution is 0.0594. The second-order valence-electron chi connectivity index (χ2n) is 9.10. The minimum absolute atomic E-state index is 0.0619. The van der Waals surface area contributed by atoms with E-state index in [9.17, 15) is 9.90 Å². The Labute approximate surface area is 199 Å². The molecule has 3 rings (SSSR count). The summed E-state index contributed by atoms with van der Waals surface area (Å²) in [7, 11) is 1.61. The molecule has 2 atom stereocenters. The average Bonchev–Trinajstić information content (AvgIpc) is 2.76. The predicted molar refractivity (Wildman–Crippen MR) is 131 cm³/mol. The van der Waals surface area contributed by atoms with Crippen molar-refractivity contribution in [2.45, 2.75) is 58.2 Å². The van der Waals surface area contributed by atoms with E-state index in [4.69, 9.17) is 9.47 Å². The Hall–Kier alpha value is -2.31. The van der Waals surface area contributed by atoms with Crippen LogP contribution in [0.4, 0.5) is 10.5 Å². The highest BCUT2D eigenvalue weighted by Gasteiger charge is 2.30. The van der Waals surface area contributed by atoms with E-state index in [-0.39, 0.29) is 5.92 Å². The molecule has 6 heteroatoms. The van der Waals surface area contributed by atoms with Crippen LogP contribution in [0.1, 0.15) is 58.1 Å². The molecule has 0 spiro atoms. The van der Waals surface area contributed by atoms with Crippen molar-refractivity contribution in [2.24, 2.45) is 5.92 Å². The third kappa shape index (κ3) is 6.36. The van der Waals surface area contributed by atoms with Crippen molar-refractivity contribution >= 4 is 27.7 Å². The summed E-state index contributed by atoms with van der Waals surface area (Å²) in [6.07, 6.45) is 4.55. The predicted octanol–water partition coefficient (Wildman–Crippen LogP) is 7.01. The van der Waals surface area contributed by atoms with Gasteiger partial charge in [-0.25, -0.2) is 4.79 Å². The first kappa shape index (κ1) is 24.3. The van der Waals surface area contributed by atoms with Gasteiger partial charge in [-0.3, -0.25) is 4.90 Å². The Morgan fingerprint density at radius 2 is 1.78 bits per heavy atom. The highest BCUT2D eigenvalue weighted by atomic mass is 79.9. The summed E-state index contributed by atoms with van der Waals surface area (Å²) < 4.78 is 11.9. The van der Waals surface area contributed by atoms with Gasteiger partial charge in [-0.1, -0.05) is 34.5 Å². The summed E-state index contributed by atoms with van der Waals surface area (Å²) in [6.45, 7) is 5.56. The molecule has 0 saturated heterocycles. The van der Waals surface area contributed by atoms with E-state index in [1.54, 1.807) is 12.0 Å². The maximum absolute atomic E-state index is 13.1. The summed E-state index contributed by atoms with van der Waals surface area (Å²) in [4.78, 5) is 14.7. The SMILES string of the molecule is COc1ccc(N(/C=C2/CCCC[C@H]2[C@@H](O)c2ccc(Br)cc2)C(=O)OC(C)(C)C)cc1. The van der Waals surface area contributed by atoms with Crippen LogP contribution < -0.4 is 9.64 Å². The first-order valence-electron chi connectivity index (χ1n) is 11.0. The van der Waals surface area contributed by atoms with E-state index in [0.29, 0.717) is 11.4 Å². The zero-order chi connectivity index (χ0) is 23.3. The number of hydrogen-bond acceptors (Lipinski definition) is 4. The lowest BCUT2D eigenvalue weighted by Gasteiger charge is -2.32. The number of carbonyl (C=O) groups is 1. The molecule has 0 radical (unpaired) electrons. The van der Waals surface area contributed by atoms with Crippen LogP contribution in [0.3, 0.4) is 0 Å². The molecular weight excluding hydrogens is 470 g/mol. The number of aliphatic hydroxyl groups is 1. The van der Waals surface area contributed by atoms with Gasteiger partial charge in [0.1, 0.15) is 11.4 Å². The smallest absolute Gasteiger partial charge is 0.418 e. The Bertz CT molecular complexity index is 932. The van der Waals surface area contributed by atoms with E-state index in [2.05, 4.69) is 15.9 Å². The van der Waals surface area contributed by atoms with Gasteiger partial charge in [0.05, 0.1) is 18.9 Å². The summed E-state index contributed by atoms with van der Waals surface area (Å²) in [5.74, 6) is 0.653. The molecule has 0 heterocycles. The van der Waals surface area contributed by atoms with Gasteiger partial charge in [0, 0.05) is 16.6 Å². The van der Waals surface area contributed by atoms with Gasteiger partial charge >= 0.3 is 6.09 Å². The molecule has 172 valence electrons. The fourth-order valence-corrected chi connectivity index (χ4v) is 4.19. The molecule has 0 aliphatic heterocycles. The number of rotatable bonds is 5. The van der Waals surface area contributed by atoms with E-state index in [1.807, 2.05) is 75.5 Å². The fourth-order valence-electron chi connectivity index (χ4n) is 3.93. The first-order chi connectivity index (χ1) is 15.2. The Kier molecular flexibility index (Phi) is 8.01. The van der Waals surface area contributed by atoms with Gasteiger partial charge in [0.25, 0.3) is 0 Å². The van der Waals surface area contributed by atoms with Crippen molar-refractivity contribution in [2.75, 3.05) is 12.0 Å². The van der Waals surface area contributed by atoms with E-state index in [1.165, 1.54) is 0 Å². The zero-order valence-electron chi connectivity index (χ0n) is 19.2. The topological polar surface area (TPSA) is 59.0 Å². The highest BCUT2D eigenvalue weighted by molar-refractivity contribution is 9.10. The first-order valence-corrected chi connectivity index (χ1v) is 11.8. The van der Waals surface area contributed by atoms with Crippen molar-refractivity contribution in [1.29, 1.82) is 0 Å². The van der Waals surface area contributed by atoms with Crippen LogP contribution in [-0.2, 0) is 4.74 Å². The van der Waals surface area contributed by atoms with Gasteiger partial charge in [-0.15, -0.1) is 0 Å².